The molecule has 0 amide bonds. The highest BCUT2D eigenvalue weighted by molar-refractivity contribution is 7.16. The van der Waals surface area contributed by atoms with Gasteiger partial charge in [-0.1, -0.05) is 24.2 Å². The number of carboxylic acids is 1. The number of aromatic nitrogens is 2. The van der Waals surface area contributed by atoms with Crippen LogP contribution in [-0.4, -0.2) is 27.2 Å². The smallest absolute Gasteiger partial charge is 0.347 e. The van der Waals surface area contributed by atoms with Crippen molar-refractivity contribution in [2.75, 3.05) is 6.61 Å². The predicted molar refractivity (Wildman–Crippen MR) is 82.2 cm³/mol. The SMILES string of the molecule is Cc1nc(-n2ccc(OCCC3CC3)cc2=O)sc1C(=O)O. The molecule has 0 aromatic carbocycles. The van der Waals surface area contributed by atoms with E-state index < -0.39 is 5.97 Å². The molecule has 22 heavy (non-hydrogen) atoms. The molecule has 2 aromatic rings. The molecule has 6 nitrogen and oxygen atoms in total. The molecule has 2 heterocycles. The fourth-order valence-electron chi connectivity index (χ4n) is 2.14. The normalized spacial score (nSPS) is 14.0. The second kappa shape index (κ2) is 5.92. The van der Waals surface area contributed by atoms with Crippen molar-refractivity contribution in [2.24, 2.45) is 5.92 Å². The molecular formula is C15H16N2O4S. The fourth-order valence-corrected chi connectivity index (χ4v) is 3.04. The number of nitrogens with zero attached hydrogens (tertiary/aromatic N) is 2. The number of pyridine rings is 1. The van der Waals surface area contributed by atoms with Crippen LogP contribution in [-0.2, 0) is 0 Å². The largest absolute Gasteiger partial charge is 0.493 e. The Kier molecular flexibility index (Phi) is 3.98. The molecule has 7 heteroatoms. The molecule has 1 fully saturated rings. The zero-order chi connectivity index (χ0) is 15.7. The summed E-state index contributed by atoms with van der Waals surface area (Å²) in [7, 11) is 0. The monoisotopic (exact) mass is 320 g/mol. The molecule has 3 rings (SSSR count). The molecule has 1 saturated carbocycles. The minimum Gasteiger partial charge on any atom is -0.493 e. The summed E-state index contributed by atoms with van der Waals surface area (Å²) >= 11 is 0.982. The van der Waals surface area contributed by atoms with Gasteiger partial charge in [-0.3, -0.25) is 9.36 Å². The van der Waals surface area contributed by atoms with Crippen molar-refractivity contribution in [3.05, 3.63) is 39.3 Å². The maximum atomic E-state index is 12.1. The van der Waals surface area contributed by atoms with Gasteiger partial charge in [0.25, 0.3) is 5.56 Å². The van der Waals surface area contributed by atoms with E-state index in [2.05, 4.69) is 4.98 Å². The van der Waals surface area contributed by atoms with Crippen LogP contribution in [0.5, 0.6) is 5.75 Å². The van der Waals surface area contributed by atoms with E-state index in [9.17, 15) is 9.59 Å². The fraction of sp³-hybridized carbons (Fsp3) is 0.400. The highest BCUT2D eigenvalue weighted by Crippen LogP contribution is 2.32. The van der Waals surface area contributed by atoms with Crippen LogP contribution >= 0.6 is 11.3 Å². The van der Waals surface area contributed by atoms with Gasteiger partial charge >= 0.3 is 5.97 Å². The van der Waals surface area contributed by atoms with Crippen LogP contribution < -0.4 is 10.3 Å². The van der Waals surface area contributed by atoms with Gasteiger partial charge in [0.2, 0.25) is 0 Å². The van der Waals surface area contributed by atoms with Gasteiger partial charge in [-0.25, -0.2) is 9.78 Å². The summed E-state index contributed by atoms with van der Waals surface area (Å²) in [5.74, 6) is 0.288. The number of ether oxygens (including phenoxy) is 1. The molecule has 1 aliphatic carbocycles. The minimum atomic E-state index is -1.03. The first-order chi connectivity index (χ1) is 10.5. The molecular weight excluding hydrogens is 304 g/mol. The summed E-state index contributed by atoms with van der Waals surface area (Å²) in [6, 6.07) is 3.11. The van der Waals surface area contributed by atoms with E-state index in [1.165, 1.54) is 23.5 Å². The lowest BCUT2D eigenvalue weighted by molar-refractivity contribution is 0.0701. The van der Waals surface area contributed by atoms with Crippen LogP contribution in [0.25, 0.3) is 5.13 Å². The van der Waals surface area contributed by atoms with Crippen molar-refractivity contribution in [3.63, 3.8) is 0 Å². The molecule has 0 atom stereocenters. The van der Waals surface area contributed by atoms with Gasteiger partial charge in [0.1, 0.15) is 10.6 Å². The van der Waals surface area contributed by atoms with Gasteiger partial charge in [0.15, 0.2) is 5.13 Å². The highest BCUT2D eigenvalue weighted by atomic mass is 32.1. The Morgan fingerprint density at radius 2 is 2.32 bits per heavy atom. The van der Waals surface area contributed by atoms with Crippen LogP contribution in [0.1, 0.15) is 34.6 Å². The van der Waals surface area contributed by atoms with Crippen LogP contribution in [0.15, 0.2) is 23.1 Å². The van der Waals surface area contributed by atoms with Gasteiger partial charge in [-0.05, 0) is 25.3 Å². The highest BCUT2D eigenvalue weighted by Gasteiger charge is 2.20. The van der Waals surface area contributed by atoms with Crippen molar-refractivity contribution in [3.8, 4) is 10.9 Å². The number of carbonyl (C=O) groups is 1. The minimum absolute atomic E-state index is 0.145. The lowest BCUT2D eigenvalue weighted by atomic mass is 10.3. The molecule has 1 aliphatic rings. The van der Waals surface area contributed by atoms with Gasteiger partial charge in [-0.15, -0.1) is 0 Å². The summed E-state index contributed by atoms with van der Waals surface area (Å²) in [4.78, 5) is 27.5. The van der Waals surface area contributed by atoms with Crippen molar-refractivity contribution in [1.82, 2.24) is 9.55 Å². The maximum absolute atomic E-state index is 12.1. The number of aryl methyl sites for hydroxylation is 1. The van der Waals surface area contributed by atoms with Crippen molar-refractivity contribution in [1.29, 1.82) is 0 Å². The quantitative estimate of drug-likeness (QED) is 0.884. The van der Waals surface area contributed by atoms with Crippen LogP contribution in [0.4, 0.5) is 0 Å². The third-order valence-electron chi connectivity index (χ3n) is 3.57. The van der Waals surface area contributed by atoms with Crippen LogP contribution in [0.2, 0.25) is 0 Å². The maximum Gasteiger partial charge on any atom is 0.347 e. The van der Waals surface area contributed by atoms with E-state index in [0.29, 0.717) is 23.2 Å². The van der Waals surface area contributed by atoms with Gasteiger partial charge in [0, 0.05) is 12.3 Å². The molecule has 116 valence electrons. The number of carboxylic acid groups (broad SMARTS) is 1. The Hall–Kier alpha value is -2.15. The number of aromatic carboxylic acids is 1. The number of hydrogen-bond donors (Lipinski definition) is 1. The van der Waals surface area contributed by atoms with E-state index in [4.69, 9.17) is 9.84 Å². The van der Waals surface area contributed by atoms with Gasteiger partial charge < -0.3 is 9.84 Å². The average molecular weight is 320 g/mol. The molecule has 0 aliphatic heterocycles. The predicted octanol–water partition coefficient (Wildman–Crippen LogP) is 2.48. The van der Waals surface area contributed by atoms with Crippen molar-refractivity contribution >= 4 is 17.3 Å². The zero-order valence-electron chi connectivity index (χ0n) is 12.1. The summed E-state index contributed by atoms with van der Waals surface area (Å²) in [6.45, 7) is 2.23. The zero-order valence-corrected chi connectivity index (χ0v) is 12.9. The van der Waals surface area contributed by atoms with E-state index in [1.54, 1.807) is 19.2 Å². The average Bonchev–Trinajstić information content (AvgIpc) is 3.20. The second-order valence-electron chi connectivity index (χ2n) is 5.37. The van der Waals surface area contributed by atoms with Gasteiger partial charge in [-0.2, -0.15) is 0 Å². The van der Waals surface area contributed by atoms with Crippen molar-refractivity contribution in [2.45, 2.75) is 26.2 Å². The summed E-state index contributed by atoms with van der Waals surface area (Å²) in [5.41, 5.74) is 0.124. The Balaban J connectivity index is 1.77. The standard InChI is InChI=1S/C15H16N2O4S/c1-9-13(14(19)20)22-15(16-9)17-6-4-11(8-12(17)18)21-7-5-10-2-3-10/h4,6,8,10H,2-3,5,7H2,1H3,(H,19,20). The second-order valence-corrected chi connectivity index (χ2v) is 6.34. The first kappa shape index (κ1) is 14.8. The van der Waals surface area contributed by atoms with Gasteiger partial charge in [0.05, 0.1) is 12.3 Å². The van der Waals surface area contributed by atoms with Crippen molar-refractivity contribution < 1.29 is 14.6 Å². The van der Waals surface area contributed by atoms with E-state index >= 15 is 0 Å². The summed E-state index contributed by atoms with van der Waals surface area (Å²) < 4.78 is 6.90. The first-order valence-electron chi connectivity index (χ1n) is 7.11. The molecule has 0 radical (unpaired) electrons. The van der Waals surface area contributed by atoms with E-state index in [1.807, 2.05) is 0 Å². The number of hydrogen-bond acceptors (Lipinski definition) is 5. The third-order valence-corrected chi connectivity index (χ3v) is 4.71. The molecule has 0 spiro atoms. The Morgan fingerprint density at radius 3 is 2.91 bits per heavy atom. The summed E-state index contributed by atoms with van der Waals surface area (Å²) in [6.07, 6.45) is 5.15. The van der Waals surface area contributed by atoms with E-state index in [-0.39, 0.29) is 10.4 Å². The number of rotatable bonds is 6. The Labute approximate surface area is 131 Å². The lowest BCUT2D eigenvalue weighted by Crippen LogP contribution is -2.16. The molecule has 0 bridgehead atoms. The number of thiazole rings is 1. The Morgan fingerprint density at radius 1 is 1.55 bits per heavy atom. The van der Waals surface area contributed by atoms with E-state index in [0.717, 1.165) is 23.7 Å². The first-order valence-corrected chi connectivity index (χ1v) is 7.93. The third kappa shape index (κ3) is 3.19. The molecule has 1 N–H and O–H groups in total. The lowest BCUT2D eigenvalue weighted by Gasteiger charge is -2.06. The summed E-state index contributed by atoms with van der Waals surface area (Å²) in [5, 5.41) is 9.40. The van der Waals surface area contributed by atoms with Crippen LogP contribution in [0.3, 0.4) is 0 Å². The van der Waals surface area contributed by atoms with Crippen LogP contribution in [0, 0.1) is 12.8 Å². The molecule has 0 unspecified atom stereocenters. The topological polar surface area (TPSA) is 81.4 Å². The Bertz CT molecular complexity index is 761. The molecule has 0 saturated heterocycles. The molecule has 2 aromatic heterocycles.